The zero-order valence-corrected chi connectivity index (χ0v) is 17.2. The van der Waals surface area contributed by atoms with Crippen molar-refractivity contribution >= 4 is 27.9 Å². The Bertz CT molecular complexity index is 1250. The summed E-state index contributed by atoms with van der Waals surface area (Å²) >= 11 is 0. The predicted octanol–water partition coefficient (Wildman–Crippen LogP) is 3.08. The Labute approximate surface area is 173 Å². The van der Waals surface area contributed by atoms with Gasteiger partial charge in [0.25, 0.3) is 0 Å². The molecule has 1 aromatic carbocycles. The highest BCUT2D eigenvalue weighted by Gasteiger charge is 2.34. The molecule has 0 spiro atoms. The number of H-pyrrole nitrogens is 1. The second kappa shape index (κ2) is 6.52. The Kier molecular flexibility index (Phi) is 3.88. The van der Waals surface area contributed by atoms with Crippen LogP contribution in [0.25, 0.3) is 33.5 Å². The van der Waals surface area contributed by atoms with Crippen molar-refractivity contribution in [3.05, 3.63) is 36.3 Å². The monoisotopic (exact) mass is 404 g/mol. The van der Waals surface area contributed by atoms with Crippen LogP contribution in [0.3, 0.4) is 0 Å². The molecule has 0 aliphatic carbocycles. The largest absolute Gasteiger partial charge is 0.378 e. The Morgan fingerprint density at radius 3 is 2.73 bits per heavy atom. The number of hydrogen-bond acceptors (Lipinski definition) is 6. The van der Waals surface area contributed by atoms with E-state index in [1.807, 2.05) is 6.20 Å². The number of nitrogens with zero attached hydrogens (tertiary/aromatic N) is 5. The quantitative estimate of drug-likeness (QED) is 0.553. The van der Waals surface area contributed by atoms with E-state index in [2.05, 4.69) is 52.6 Å². The highest BCUT2D eigenvalue weighted by atomic mass is 16.5. The Morgan fingerprint density at radius 2 is 1.87 bits per heavy atom. The molecular formula is C22H24N6O2. The molecular weight excluding hydrogens is 380 g/mol. The maximum absolute atomic E-state index is 5.99. The molecule has 0 radical (unpaired) electrons. The van der Waals surface area contributed by atoms with Crippen molar-refractivity contribution in [3.8, 4) is 11.4 Å². The van der Waals surface area contributed by atoms with Crippen molar-refractivity contribution in [1.82, 2.24) is 24.5 Å². The first-order valence-electron chi connectivity index (χ1n) is 10.4. The van der Waals surface area contributed by atoms with Gasteiger partial charge in [-0.25, -0.2) is 15.0 Å². The first kappa shape index (κ1) is 17.9. The molecule has 1 N–H and O–H groups in total. The first-order valence-corrected chi connectivity index (χ1v) is 10.4. The smallest absolute Gasteiger partial charge is 0.166 e. The van der Waals surface area contributed by atoms with Crippen LogP contribution >= 0.6 is 0 Å². The van der Waals surface area contributed by atoms with E-state index < -0.39 is 5.60 Å². The van der Waals surface area contributed by atoms with Gasteiger partial charge in [-0.1, -0.05) is 0 Å². The fraction of sp³-hybridized carbons (Fsp3) is 0.409. The molecule has 0 atom stereocenters. The number of fused-ring (bicyclic) bond motifs is 4. The lowest BCUT2D eigenvalue weighted by Crippen LogP contribution is -2.37. The van der Waals surface area contributed by atoms with Crippen molar-refractivity contribution < 1.29 is 9.47 Å². The third-order valence-corrected chi connectivity index (χ3v) is 6.01. The van der Waals surface area contributed by atoms with Gasteiger partial charge in [0.15, 0.2) is 22.8 Å². The lowest BCUT2D eigenvalue weighted by Gasteiger charge is -2.30. The third-order valence-electron chi connectivity index (χ3n) is 6.01. The molecule has 8 heteroatoms. The second-order valence-electron chi connectivity index (χ2n) is 8.37. The number of rotatable bonds is 2. The number of benzene rings is 1. The van der Waals surface area contributed by atoms with Gasteiger partial charge < -0.3 is 23.9 Å². The van der Waals surface area contributed by atoms with Gasteiger partial charge in [-0.2, -0.15) is 0 Å². The molecule has 0 unspecified atom stereocenters. The summed E-state index contributed by atoms with van der Waals surface area (Å²) < 4.78 is 13.8. The number of ether oxygens (including phenoxy) is 2. The van der Waals surface area contributed by atoms with E-state index in [0.717, 1.165) is 64.7 Å². The number of imidazole rings is 1. The summed E-state index contributed by atoms with van der Waals surface area (Å²) in [4.78, 5) is 20.5. The zero-order chi connectivity index (χ0) is 20.3. The average molecular weight is 404 g/mol. The third kappa shape index (κ3) is 2.71. The summed E-state index contributed by atoms with van der Waals surface area (Å²) in [7, 11) is 0. The van der Waals surface area contributed by atoms with Crippen molar-refractivity contribution in [2.45, 2.75) is 26.0 Å². The number of anilines is 1. The van der Waals surface area contributed by atoms with Crippen molar-refractivity contribution in [2.75, 3.05) is 37.8 Å². The number of hydrogen-bond donors (Lipinski definition) is 1. The number of nitrogens with one attached hydrogen (secondary N) is 1. The van der Waals surface area contributed by atoms with E-state index in [9.17, 15) is 0 Å². The zero-order valence-electron chi connectivity index (χ0n) is 17.2. The minimum absolute atomic E-state index is 0.453. The van der Waals surface area contributed by atoms with Crippen LogP contribution in [0, 0.1) is 0 Å². The number of aromatic nitrogens is 5. The molecule has 0 saturated carbocycles. The normalized spacial score (nSPS) is 18.8. The molecule has 30 heavy (non-hydrogen) atoms. The van der Waals surface area contributed by atoms with Crippen LogP contribution in [0.2, 0.25) is 0 Å². The molecule has 0 amide bonds. The van der Waals surface area contributed by atoms with Gasteiger partial charge in [-0.15, -0.1) is 0 Å². The second-order valence-corrected chi connectivity index (χ2v) is 8.37. The lowest BCUT2D eigenvalue weighted by atomic mass is 10.1. The summed E-state index contributed by atoms with van der Waals surface area (Å²) in [5, 5.41) is 1.15. The maximum atomic E-state index is 5.99. The number of aromatic amines is 1. The molecule has 0 bridgehead atoms. The Balaban J connectivity index is 1.60. The first-order chi connectivity index (χ1) is 14.6. The molecule has 5 heterocycles. The summed E-state index contributed by atoms with van der Waals surface area (Å²) in [5.74, 6) is 2.51. The van der Waals surface area contributed by atoms with Crippen LogP contribution in [-0.4, -0.2) is 57.4 Å². The van der Waals surface area contributed by atoms with Gasteiger partial charge in [0.05, 0.1) is 19.8 Å². The highest BCUT2D eigenvalue weighted by molar-refractivity contribution is 5.88. The molecule has 3 aromatic heterocycles. The molecule has 154 valence electrons. The Morgan fingerprint density at radius 1 is 1.00 bits per heavy atom. The van der Waals surface area contributed by atoms with Crippen molar-refractivity contribution in [3.63, 3.8) is 0 Å². The van der Waals surface area contributed by atoms with Gasteiger partial charge in [0, 0.05) is 42.3 Å². The maximum Gasteiger partial charge on any atom is 0.166 e. The summed E-state index contributed by atoms with van der Waals surface area (Å²) in [5.41, 5.74) is 3.37. The summed E-state index contributed by atoms with van der Waals surface area (Å²) in [6.07, 6.45) is 1.95. The fourth-order valence-corrected chi connectivity index (χ4v) is 4.43. The van der Waals surface area contributed by atoms with E-state index in [1.165, 1.54) is 0 Å². The predicted molar refractivity (Wildman–Crippen MR) is 115 cm³/mol. The lowest BCUT2D eigenvalue weighted by molar-refractivity contribution is -0.0530. The van der Waals surface area contributed by atoms with E-state index in [1.54, 1.807) is 0 Å². The average Bonchev–Trinajstić information content (AvgIpc) is 3.38. The minimum atomic E-state index is -0.453. The van der Waals surface area contributed by atoms with Crippen LogP contribution in [0.1, 0.15) is 19.7 Å². The number of morpholine rings is 1. The van der Waals surface area contributed by atoms with Crippen LogP contribution in [0.5, 0.6) is 0 Å². The van der Waals surface area contributed by atoms with Gasteiger partial charge in [-0.05, 0) is 38.1 Å². The van der Waals surface area contributed by atoms with E-state index in [4.69, 9.17) is 24.4 Å². The minimum Gasteiger partial charge on any atom is -0.378 e. The summed E-state index contributed by atoms with van der Waals surface area (Å²) in [6.45, 7) is 8.49. The molecule has 8 nitrogen and oxygen atoms in total. The van der Waals surface area contributed by atoms with Gasteiger partial charge in [0.2, 0.25) is 0 Å². The molecule has 4 aromatic rings. The Hall–Kier alpha value is -2.97. The van der Waals surface area contributed by atoms with Crippen LogP contribution in [-0.2, 0) is 21.6 Å². The summed E-state index contributed by atoms with van der Waals surface area (Å²) in [6, 6.07) is 8.36. The molecule has 1 saturated heterocycles. The van der Waals surface area contributed by atoms with Crippen molar-refractivity contribution in [1.29, 1.82) is 0 Å². The fourth-order valence-electron chi connectivity index (χ4n) is 4.43. The molecule has 2 aliphatic rings. The van der Waals surface area contributed by atoms with Crippen LogP contribution in [0.15, 0.2) is 30.5 Å². The molecule has 2 aliphatic heterocycles. The highest BCUT2D eigenvalue weighted by Crippen LogP contribution is 2.35. The van der Waals surface area contributed by atoms with Gasteiger partial charge in [-0.3, -0.25) is 0 Å². The molecule has 1 fully saturated rings. The van der Waals surface area contributed by atoms with E-state index in [0.29, 0.717) is 19.8 Å². The van der Waals surface area contributed by atoms with Crippen LogP contribution in [0.4, 0.5) is 5.82 Å². The van der Waals surface area contributed by atoms with Crippen molar-refractivity contribution in [2.24, 2.45) is 0 Å². The standard InChI is InChI=1S/C22H24N6O2/c1-22(2)21-24-17-19(27-7-10-29-11-8-27)25-18(26-20(17)28(21)9-12-30-22)15-3-4-16-14(13-15)5-6-23-16/h3-6,13,23H,7-12H2,1-2H3. The van der Waals surface area contributed by atoms with Gasteiger partial charge >= 0.3 is 0 Å². The SMILES string of the molecule is CC1(C)OCCn2c1nc1c(N3CCOCC3)nc(-c3ccc4[nH]ccc4c3)nc12. The van der Waals surface area contributed by atoms with E-state index >= 15 is 0 Å². The topological polar surface area (TPSA) is 81.1 Å². The van der Waals surface area contributed by atoms with Crippen LogP contribution < -0.4 is 4.90 Å². The molecule has 6 rings (SSSR count). The van der Waals surface area contributed by atoms with Gasteiger partial charge in [0.1, 0.15) is 11.4 Å². The van der Waals surface area contributed by atoms with E-state index in [-0.39, 0.29) is 0 Å².